The lowest BCUT2D eigenvalue weighted by molar-refractivity contribution is -0.275. The SMILES string of the molecule is FC(F)(F)Oc1cccc(C2(c3cccc(OC(F)(F)F)c3)c3cc(N4c5ccccc5Oc5ccccc54)ccc3-c3c(-c4cccc(-c5ccccc5)c4)cccc32)c1. The van der Waals surface area contributed by atoms with Gasteiger partial charge < -0.3 is 19.1 Å². The van der Waals surface area contributed by atoms with Gasteiger partial charge in [-0.1, -0.05) is 121 Å². The van der Waals surface area contributed by atoms with E-state index in [9.17, 15) is 26.3 Å². The van der Waals surface area contributed by atoms with Crippen molar-refractivity contribution in [3.05, 3.63) is 210 Å². The molecule has 4 nitrogen and oxygen atoms in total. The van der Waals surface area contributed by atoms with Crippen LogP contribution in [0, 0.1) is 0 Å². The van der Waals surface area contributed by atoms with Gasteiger partial charge in [-0.25, -0.2) is 0 Å². The first-order chi connectivity index (χ1) is 29.5. The Bertz CT molecular complexity index is 2860. The second-order valence-electron chi connectivity index (χ2n) is 14.7. The van der Waals surface area contributed by atoms with Gasteiger partial charge in [-0.15, -0.1) is 26.3 Å². The Hall–Kier alpha value is -7.46. The first-order valence-electron chi connectivity index (χ1n) is 19.3. The smallest absolute Gasteiger partial charge is 0.453 e. The molecule has 1 aliphatic carbocycles. The van der Waals surface area contributed by atoms with E-state index in [1.54, 1.807) is 12.1 Å². The predicted molar refractivity (Wildman–Crippen MR) is 223 cm³/mol. The van der Waals surface area contributed by atoms with Crippen LogP contribution in [-0.4, -0.2) is 12.7 Å². The molecule has 1 heterocycles. The van der Waals surface area contributed by atoms with E-state index in [0.717, 1.165) is 44.8 Å². The Labute approximate surface area is 346 Å². The van der Waals surface area contributed by atoms with Gasteiger partial charge in [-0.05, 0) is 122 Å². The topological polar surface area (TPSA) is 30.9 Å². The van der Waals surface area contributed by atoms with Crippen LogP contribution < -0.4 is 19.1 Å². The van der Waals surface area contributed by atoms with Gasteiger partial charge in [0.15, 0.2) is 11.5 Å². The van der Waals surface area contributed by atoms with E-state index in [4.69, 9.17) is 4.74 Å². The summed E-state index contributed by atoms with van der Waals surface area (Å²) in [6.07, 6.45) is -10.0. The molecule has 10 rings (SSSR count). The summed E-state index contributed by atoms with van der Waals surface area (Å²) in [7, 11) is 0. The lowest BCUT2D eigenvalue weighted by Gasteiger charge is -2.36. The van der Waals surface area contributed by atoms with Crippen LogP contribution in [-0.2, 0) is 5.41 Å². The molecule has 0 atom stereocenters. The van der Waals surface area contributed by atoms with E-state index in [2.05, 4.69) is 15.5 Å². The molecule has 0 saturated heterocycles. The lowest BCUT2D eigenvalue weighted by Crippen LogP contribution is -2.29. The lowest BCUT2D eigenvalue weighted by atomic mass is 9.67. The highest BCUT2D eigenvalue weighted by Gasteiger charge is 2.48. The summed E-state index contributed by atoms with van der Waals surface area (Å²) in [5.74, 6) is 0.235. The fourth-order valence-corrected chi connectivity index (χ4v) is 8.86. The highest BCUT2D eigenvalue weighted by Crippen LogP contribution is 2.61. The van der Waals surface area contributed by atoms with Gasteiger partial charge in [0.25, 0.3) is 0 Å². The fourth-order valence-electron chi connectivity index (χ4n) is 8.86. The molecule has 0 N–H and O–H groups in total. The molecule has 8 aromatic carbocycles. The first kappa shape index (κ1) is 37.8. The molecule has 0 aromatic heterocycles. The Morgan fingerprint density at radius 1 is 0.426 bits per heavy atom. The molecule has 10 heteroatoms. The summed E-state index contributed by atoms with van der Waals surface area (Å²) in [5.41, 5.74) is 7.69. The quantitative estimate of drug-likeness (QED) is 0.150. The number of ether oxygens (including phenoxy) is 3. The van der Waals surface area contributed by atoms with Crippen LogP contribution in [0.3, 0.4) is 0 Å². The third-order valence-electron chi connectivity index (χ3n) is 11.1. The Morgan fingerprint density at radius 2 is 0.967 bits per heavy atom. The van der Waals surface area contributed by atoms with Gasteiger partial charge in [0.2, 0.25) is 0 Å². The monoisotopic (exact) mass is 819 g/mol. The number of nitrogens with zero attached hydrogens (tertiary/aromatic N) is 1. The maximum absolute atomic E-state index is 13.9. The summed E-state index contributed by atoms with van der Waals surface area (Å²) in [6.45, 7) is 0. The first-order valence-corrected chi connectivity index (χ1v) is 19.3. The normalized spacial score (nSPS) is 13.6. The molecule has 0 amide bonds. The fraction of sp³-hybridized carbons (Fsp3) is 0.0588. The van der Waals surface area contributed by atoms with Crippen LogP contribution in [0.5, 0.6) is 23.0 Å². The molecule has 0 bridgehead atoms. The van der Waals surface area contributed by atoms with Gasteiger partial charge in [0.1, 0.15) is 11.5 Å². The van der Waals surface area contributed by atoms with E-state index in [-0.39, 0.29) is 0 Å². The number of alkyl halides is 6. The van der Waals surface area contributed by atoms with E-state index >= 15 is 0 Å². The van der Waals surface area contributed by atoms with Gasteiger partial charge in [-0.3, -0.25) is 0 Å². The number of fused-ring (bicyclic) bond motifs is 5. The average Bonchev–Trinajstić information content (AvgIpc) is 3.55. The van der Waals surface area contributed by atoms with E-state index in [1.165, 1.54) is 36.4 Å². The zero-order valence-corrected chi connectivity index (χ0v) is 31.8. The Morgan fingerprint density at radius 3 is 1.59 bits per heavy atom. The average molecular weight is 820 g/mol. The second kappa shape index (κ2) is 14.4. The minimum absolute atomic E-state index is 0.327. The molecule has 0 radical (unpaired) electrons. The molecule has 0 saturated carbocycles. The molecule has 300 valence electrons. The van der Waals surface area contributed by atoms with Crippen molar-refractivity contribution in [1.29, 1.82) is 0 Å². The number of hydrogen-bond acceptors (Lipinski definition) is 4. The molecular formula is C51H31F6NO3. The van der Waals surface area contributed by atoms with E-state index in [0.29, 0.717) is 39.4 Å². The summed E-state index contributed by atoms with van der Waals surface area (Å²) in [6, 6.07) is 56.0. The maximum Gasteiger partial charge on any atom is 0.573 e. The number of para-hydroxylation sites is 4. The zero-order chi connectivity index (χ0) is 41.9. The number of rotatable bonds is 7. The summed E-state index contributed by atoms with van der Waals surface area (Å²) >= 11 is 0. The molecule has 1 aliphatic heterocycles. The number of halogens is 6. The second-order valence-corrected chi connectivity index (χ2v) is 14.7. The van der Waals surface area contributed by atoms with Gasteiger partial charge >= 0.3 is 12.7 Å². The summed E-state index contributed by atoms with van der Waals surface area (Å²) in [5, 5.41) is 0. The molecule has 8 aromatic rings. The third kappa shape index (κ3) is 6.70. The van der Waals surface area contributed by atoms with Crippen molar-refractivity contribution in [3.8, 4) is 56.4 Å². The maximum atomic E-state index is 13.9. The summed E-state index contributed by atoms with van der Waals surface area (Å²) in [4.78, 5) is 2.04. The van der Waals surface area contributed by atoms with Crippen LogP contribution >= 0.6 is 0 Å². The molecule has 2 aliphatic rings. The van der Waals surface area contributed by atoms with Gasteiger partial charge in [0, 0.05) is 5.69 Å². The van der Waals surface area contributed by atoms with Crippen molar-refractivity contribution in [3.63, 3.8) is 0 Å². The molecular weight excluding hydrogens is 789 g/mol. The van der Waals surface area contributed by atoms with Gasteiger partial charge in [0.05, 0.1) is 16.8 Å². The molecule has 0 fully saturated rings. The Kier molecular flexibility index (Phi) is 8.90. The van der Waals surface area contributed by atoms with Gasteiger partial charge in [-0.2, -0.15) is 0 Å². The highest BCUT2D eigenvalue weighted by molar-refractivity contribution is 5.98. The third-order valence-corrected chi connectivity index (χ3v) is 11.1. The standard InChI is InChI=1S/C51H31F6NO3/c52-50(53,54)60-38-18-9-16-35(29-38)49(36-17-10-19-39(30-36)61-51(55,56)57)42-21-11-20-40(34-15-8-14-33(28-34)32-12-2-1-3-13-32)48(42)41-27-26-37(31-43(41)49)58-44-22-4-6-24-46(44)59-47-25-7-5-23-45(47)58/h1-31H. The van der Waals surface area contributed by atoms with Crippen LogP contribution in [0.15, 0.2) is 188 Å². The van der Waals surface area contributed by atoms with Crippen LogP contribution in [0.2, 0.25) is 0 Å². The van der Waals surface area contributed by atoms with Crippen LogP contribution in [0.25, 0.3) is 33.4 Å². The molecule has 0 unspecified atom stereocenters. The van der Waals surface area contributed by atoms with Crippen molar-refractivity contribution in [2.45, 2.75) is 18.1 Å². The largest absolute Gasteiger partial charge is 0.573 e. The minimum Gasteiger partial charge on any atom is -0.453 e. The van der Waals surface area contributed by atoms with Crippen molar-refractivity contribution >= 4 is 17.1 Å². The molecule has 0 spiro atoms. The zero-order valence-electron chi connectivity index (χ0n) is 31.8. The number of benzene rings is 8. The van der Waals surface area contributed by atoms with Crippen molar-refractivity contribution in [2.24, 2.45) is 0 Å². The predicted octanol–water partition coefficient (Wildman–Crippen LogP) is 14.8. The van der Waals surface area contributed by atoms with Crippen molar-refractivity contribution in [2.75, 3.05) is 4.90 Å². The number of hydrogen-bond donors (Lipinski definition) is 0. The summed E-state index contributed by atoms with van der Waals surface area (Å²) < 4.78 is 98.7. The highest BCUT2D eigenvalue weighted by atomic mass is 19.4. The van der Waals surface area contributed by atoms with Crippen molar-refractivity contribution < 1.29 is 40.6 Å². The van der Waals surface area contributed by atoms with Crippen LogP contribution in [0.4, 0.5) is 43.4 Å². The van der Waals surface area contributed by atoms with Crippen LogP contribution in [0.1, 0.15) is 22.3 Å². The number of anilines is 3. The van der Waals surface area contributed by atoms with E-state index < -0.39 is 29.6 Å². The Balaban J connectivity index is 1.30. The molecule has 61 heavy (non-hydrogen) atoms. The minimum atomic E-state index is -5.01. The van der Waals surface area contributed by atoms with E-state index in [1.807, 2.05) is 138 Å². The van der Waals surface area contributed by atoms with Crippen molar-refractivity contribution in [1.82, 2.24) is 0 Å².